The van der Waals surface area contributed by atoms with E-state index in [0.717, 1.165) is 11.8 Å². The predicted molar refractivity (Wildman–Crippen MR) is 62.7 cm³/mol. The zero-order valence-electron chi connectivity index (χ0n) is 9.70. The van der Waals surface area contributed by atoms with Gasteiger partial charge in [-0.05, 0) is 20.8 Å². The van der Waals surface area contributed by atoms with Crippen molar-refractivity contribution in [1.29, 1.82) is 0 Å². The number of ether oxygens (including phenoxy) is 1. The smallest absolute Gasteiger partial charge is 0.326 e. The number of carbonyl (C=O) groups is 2. The predicted octanol–water partition coefficient (Wildman–Crippen LogP) is 2.55. The molecule has 0 spiro atoms. The standard InChI is InChI=1S/C11H18O3S/c1-5-8-11(4,10(13)14-7-3)15-9(12)6-2/h5,8H,6-7H2,1-4H3/b8-5+/t11-/m0/s1. The van der Waals surface area contributed by atoms with Gasteiger partial charge in [0.15, 0.2) is 5.12 Å². The summed E-state index contributed by atoms with van der Waals surface area (Å²) in [5, 5.41) is -0.0105. The normalized spacial score (nSPS) is 14.9. The Morgan fingerprint density at radius 2 is 2.00 bits per heavy atom. The first-order valence-electron chi connectivity index (χ1n) is 5.03. The van der Waals surface area contributed by atoms with Crippen LogP contribution in [-0.2, 0) is 14.3 Å². The number of esters is 1. The molecule has 0 aromatic rings. The Balaban J connectivity index is 4.72. The van der Waals surface area contributed by atoms with E-state index in [1.54, 1.807) is 32.9 Å². The molecule has 15 heavy (non-hydrogen) atoms. The van der Waals surface area contributed by atoms with Crippen molar-refractivity contribution in [2.75, 3.05) is 6.61 Å². The minimum Gasteiger partial charge on any atom is -0.465 e. The molecule has 0 fully saturated rings. The second kappa shape index (κ2) is 6.67. The first kappa shape index (κ1) is 14.2. The molecule has 0 aliphatic rings. The van der Waals surface area contributed by atoms with E-state index in [1.165, 1.54) is 0 Å². The van der Waals surface area contributed by atoms with E-state index in [-0.39, 0.29) is 11.1 Å². The number of rotatable bonds is 5. The third kappa shape index (κ3) is 4.51. The van der Waals surface area contributed by atoms with Crippen molar-refractivity contribution in [1.82, 2.24) is 0 Å². The summed E-state index contributed by atoms with van der Waals surface area (Å²) in [6.45, 7) is 7.36. The van der Waals surface area contributed by atoms with E-state index in [0.29, 0.717) is 13.0 Å². The molecule has 4 heteroatoms. The first-order valence-corrected chi connectivity index (χ1v) is 5.84. The molecule has 0 heterocycles. The fourth-order valence-corrected chi connectivity index (χ4v) is 2.01. The second-order valence-electron chi connectivity index (χ2n) is 3.16. The molecule has 3 nitrogen and oxygen atoms in total. The minimum absolute atomic E-state index is 0.0105. The number of thioether (sulfide) groups is 1. The van der Waals surface area contributed by atoms with Gasteiger partial charge in [-0.25, -0.2) is 0 Å². The highest BCUT2D eigenvalue weighted by Crippen LogP contribution is 2.29. The number of hydrogen-bond acceptors (Lipinski definition) is 4. The van der Waals surface area contributed by atoms with Crippen LogP contribution in [0.15, 0.2) is 12.2 Å². The van der Waals surface area contributed by atoms with Gasteiger partial charge in [0, 0.05) is 6.42 Å². The summed E-state index contributed by atoms with van der Waals surface area (Å²) >= 11 is 1.02. The lowest BCUT2D eigenvalue weighted by molar-refractivity contribution is -0.144. The van der Waals surface area contributed by atoms with E-state index in [9.17, 15) is 9.59 Å². The molecule has 86 valence electrons. The molecule has 0 unspecified atom stereocenters. The van der Waals surface area contributed by atoms with Crippen LogP contribution in [-0.4, -0.2) is 22.4 Å². The molecule has 0 radical (unpaired) electrons. The molecule has 0 aromatic carbocycles. The van der Waals surface area contributed by atoms with Gasteiger partial charge in [-0.3, -0.25) is 9.59 Å². The van der Waals surface area contributed by atoms with E-state index in [1.807, 2.05) is 6.92 Å². The lowest BCUT2D eigenvalue weighted by atomic mass is 10.1. The van der Waals surface area contributed by atoms with Crippen molar-refractivity contribution in [2.45, 2.75) is 38.9 Å². The van der Waals surface area contributed by atoms with Crippen molar-refractivity contribution < 1.29 is 14.3 Å². The lowest BCUT2D eigenvalue weighted by Gasteiger charge is -2.21. The maximum absolute atomic E-state index is 11.7. The average molecular weight is 230 g/mol. The van der Waals surface area contributed by atoms with Gasteiger partial charge in [0.2, 0.25) is 0 Å². The van der Waals surface area contributed by atoms with Crippen LogP contribution in [0.25, 0.3) is 0 Å². The second-order valence-corrected chi connectivity index (χ2v) is 4.66. The van der Waals surface area contributed by atoms with Crippen LogP contribution >= 0.6 is 11.8 Å². The van der Waals surface area contributed by atoms with Crippen LogP contribution in [0.2, 0.25) is 0 Å². The van der Waals surface area contributed by atoms with Crippen LogP contribution < -0.4 is 0 Å². The molecule has 0 aliphatic heterocycles. The Labute approximate surface area is 95.3 Å². The summed E-state index contributed by atoms with van der Waals surface area (Å²) in [7, 11) is 0. The summed E-state index contributed by atoms with van der Waals surface area (Å²) in [6.07, 6.45) is 3.87. The highest BCUT2D eigenvalue weighted by Gasteiger charge is 2.34. The molecule has 0 amide bonds. The van der Waals surface area contributed by atoms with Gasteiger partial charge in [0.05, 0.1) is 6.61 Å². The van der Waals surface area contributed by atoms with Crippen LogP contribution in [0.1, 0.15) is 34.1 Å². The third-order valence-corrected chi connectivity index (χ3v) is 3.02. The van der Waals surface area contributed by atoms with Crippen LogP contribution in [0.4, 0.5) is 0 Å². The Morgan fingerprint density at radius 3 is 2.40 bits per heavy atom. The van der Waals surface area contributed by atoms with Gasteiger partial charge in [-0.15, -0.1) is 0 Å². The fourth-order valence-electron chi connectivity index (χ4n) is 1.04. The Kier molecular flexibility index (Phi) is 6.32. The molecule has 1 atom stereocenters. The van der Waals surface area contributed by atoms with Crippen molar-refractivity contribution in [3.8, 4) is 0 Å². The molecule has 0 saturated heterocycles. The monoisotopic (exact) mass is 230 g/mol. The molecule has 0 aromatic heterocycles. The third-order valence-electron chi connectivity index (χ3n) is 1.78. The van der Waals surface area contributed by atoms with Gasteiger partial charge >= 0.3 is 5.97 Å². The van der Waals surface area contributed by atoms with Crippen molar-refractivity contribution in [3.05, 3.63) is 12.2 Å². The Morgan fingerprint density at radius 1 is 1.40 bits per heavy atom. The van der Waals surface area contributed by atoms with Gasteiger partial charge in [-0.1, -0.05) is 30.8 Å². The molecular formula is C11H18O3S. The van der Waals surface area contributed by atoms with E-state index >= 15 is 0 Å². The quantitative estimate of drug-likeness (QED) is 0.538. The molecule has 0 bridgehead atoms. The summed E-state index contributed by atoms with van der Waals surface area (Å²) in [5.41, 5.74) is 0. The highest BCUT2D eigenvalue weighted by atomic mass is 32.2. The number of carbonyl (C=O) groups excluding carboxylic acids is 2. The molecular weight excluding hydrogens is 212 g/mol. The summed E-state index contributed by atoms with van der Waals surface area (Å²) in [6, 6.07) is 0. The van der Waals surface area contributed by atoms with E-state index in [2.05, 4.69) is 0 Å². The first-order chi connectivity index (χ1) is 7.00. The Hall–Kier alpha value is -0.770. The lowest BCUT2D eigenvalue weighted by Crippen LogP contribution is -2.32. The SMILES string of the molecule is C/C=C/[C@](C)(SC(=O)CC)C(=O)OCC. The average Bonchev–Trinajstić information content (AvgIpc) is 2.18. The van der Waals surface area contributed by atoms with Crippen LogP contribution in [0, 0.1) is 0 Å². The van der Waals surface area contributed by atoms with Crippen molar-refractivity contribution in [2.24, 2.45) is 0 Å². The highest BCUT2D eigenvalue weighted by molar-refractivity contribution is 8.15. The van der Waals surface area contributed by atoms with Gasteiger partial charge < -0.3 is 4.74 Å². The number of hydrogen-bond donors (Lipinski definition) is 0. The number of allylic oxidation sites excluding steroid dienone is 1. The largest absolute Gasteiger partial charge is 0.465 e. The molecule has 0 saturated carbocycles. The van der Waals surface area contributed by atoms with Gasteiger partial charge in [-0.2, -0.15) is 0 Å². The minimum atomic E-state index is -0.891. The zero-order chi connectivity index (χ0) is 11.9. The zero-order valence-corrected chi connectivity index (χ0v) is 10.5. The Bertz CT molecular complexity index is 261. The summed E-state index contributed by atoms with van der Waals surface area (Å²) in [4.78, 5) is 23.0. The van der Waals surface area contributed by atoms with E-state index in [4.69, 9.17) is 4.74 Å². The summed E-state index contributed by atoms with van der Waals surface area (Å²) in [5.74, 6) is -0.366. The van der Waals surface area contributed by atoms with Gasteiger partial charge in [0.25, 0.3) is 0 Å². The van der Waals surface area contributed by atoms with Crippen molar-refractivity contribution in [3.63, 3.8) is 0 Å². The van der Waals surface area contributed by atoms with Gasteiger partial charge in [0.1, 0.15) is 4.75 Å². The molecule has 0 N–H and O–H groups in total. The summed E-state index contributed by atoms with van der Waals surface area (Å²) < 4.78 is 4.05. The van der Waals surface area contributed by atoms with Crippen LogP contribution in [0.5, 0.6) is 0 Å². The molecule has 0 aliphatic carbocycles. The van der Waals surface area contributed by atoms with Crippen LogP contribution in [0.3, 0.4) is 0 Å². The maximum atomic E-state index is 11.7. The maximum Gasteiger partial charge on any atom is 0.326 e. The topological polar surface area (TPSA) is 43.4 Å². The molecule has 0 rings (SSSR count). The van der Waals surface area contributed by atoms with E-state index < -0.39 is 4.75 Å². The fraction of sp³-hybridized carbons (Fsp3) is 0.636. The van der Waals surface area contributed by atoms with Crippen molar-refractivity contribution >= 4 is 22.8 Å².